The second-order valence-corrected chi connectivity index (χ2v) is 8.30. The van der Waals surface area contributed by atoms with E-state index in [1.807, 2.05) is 65.9 Å². The molecule has 23 heavy (non-hydrogen) atoms. The Morgan fingerprint density at radius 1 is 1.35 bits per heavy atom. The number of carbonyl (C=O) groups is 1. The van der Waals surface area contributed by atoms with Crippen LogP contribution in [0.15, 0.2) is 5.38 Å². The summed E-state index contributed by atoms with van der Waals surface area (Å²) in [6.07, 6.45) is -0.403. The minimum Gasteiger partial charge on any atom is -0.444 e. The van der Waals surface area contributed by atoms with Gasteiger partial charge in [-0.25, -0.2) is 9.78 Å². The highest BCUT2D eigenvalue weighted by atomic mass is 32.1. The fraction of sp³-hybridized carbons (Fsp3) is 0.750. The molecule has 1 aromatic heterocycles. The van der Waals surface area contributed by atoms with Gasteiger partial charge in [-0.05, 0) is 41.5 Å². The van der Waals surface area contributed by atoms with E-state index in [2.05, 4.69) is 15.6 Å². The van der Waals surface area contributed by atoms with Crippen LogP contribution >= 0.6 is 11.3 Å². The number of hydrogen-bond donors (Lipinski definition) is 2. The molecule has 0 aliphatic heterocycles. The zero-order valence-electron chi connectivity index (χ0n) is 15.5. The molecular weight excluding hydrogens is 312 g/mol. The van der Waals surface area contributed by atoms with Crippen molar-refractivity contribution in [1.82, 2.24) is 15.6 Å². The number of anilines is 1. The molecule has 0 aromatic carbocycles. The predicted molar refractivity (Wildman–Crippen MR) is 96.2 cm³/mol. The molecule has 132 valence electrons. The van der Waals surface area contributed by atoms with Gasteiger partial charge in [-0.2, -0.15) is 0 Å². The maximum atomic E-state index is 12.0. The van der Waals surface area contributed by atoms with Crippen LogP contribution < -0.4 is 15.5 Å². The predicted octanol–water partition coefficient (Wildman–Crippen LogP) is 2.99. The first-order chi connectivity index (χ1) is 10.4. The van der Waals surface area contributed by atoms with Crippen LogP contribution in [0.5, 0.6) is 0 Å². The molecule has 1 rings (SSSR count). The molecule has 0 aliphatic rings. The summed E-state index contributed by atoms with van der Waals surface area (Å²) in [6.45, 7) is 12.2. The third-order valence-corrected chi connectivity index (χ3v) is 4.47. The van der Waals surface area contributed by atoms with E-state index >= 15 is 0 Å². The Bertz CT molecular complexity index is 520. The SMILES string of the molecule is CC(NCc1csc(N(C)C)n1)C(C)(C)NC(=O)OC(C)(C)C. The first-order valence-electron chi connectivity index (χ1n) is 7.77. The number of nitrogens with zero attached hydrogens (tertiary/aromatic N) is 2. The number of hydrogen-bond acceptors (Lipinski definition) is 6. The van der Waals surface area contributed by atoms with Gasteiger partial charge in [0.2, 0.25) is 0 Å². The summed E-state index contributed by atoms with van der Waals surface area (Å²) in [6, 6.07) is 0.0551. The fourth-order valence-corrected chi connectivity index (χ4v) is 2.53. The van der Waals surface area contributed by atoms with Gasteiger partial charge in [0, 0.05) is 32.1 Å². The molecule has 1 aromatic rings. The topological polar surface area (TPSA) is 66.5 Å². The molecule has 0 fully saturated rings. The van der Waals surface area contributed by atoms with E-state index in [1.165, 1.54) is 0 Å². The second-order valence-electron chi connectivity index (χ2n) is 7.47. The standard InChI is InChI=1S/C16H30N4O2S/c1-11(16(5,6)19-14(21)22-15(2,3)4)17-9-12-10-23-13(18-12)20(7)8/h10-11,17H,9H2,1-8H3,(H,19,21). The largest absolute Gasteiger partial charge is 0.444 e. The molecule has 2 N–H and O–H groups in total. The van der Waals surface area contributed by atoms with Gasteiger partial charge >= 0.3 is 6.09 Å². The molecule has 0 aliphatic carbocycles. The Morgan fingerprint density at radius 3 is 2.43 bits per heavy atom. The van der Waals surface area contributed by atoms with Gasteiger partial charge < -0.3 is 20.3 Å². The third-order valence-electron chi connectivity index (χ3n) is 3.42. The lowest BCUT2D eigenvalue weighted by molar-refractivity contribution is 0.0453. The van der Waals surface area contributed by atoms with Gasteiger partial charge in [-0.15, -0.1) is 11.3 Å². The number of alkyl carbamates (subject to hydrolysis) is 1. The molecule has 1 unspecified atom stereocenters. The molecule has 1 atom stereocenters. The van der Waals surface area contributed by atoms with Crippen molar-refractivity contribution in [3.05, 3.63) is 11.1 Å². The maximum absolute atomic E-state index is 12.0. The molecular formula is C16H30N4O2S. The van der Waals surface area contributed by atoms with Gasteiger partial charge in [-0.1, -0.05) is 0 Å². The van der Waals surface area contributed by atoms with E-state index in [4.69, 9.17) is 4.74 Å². The number of carbonyl (C=O) groups excluding carboxylic acids is 1. The van der Waals surface area contributed by atoms with E-state index in [0.717, 1.165) is 10.8 Å². The molecule has 6 nitrogen and oxygen atoms in total. The summed E-state index contributed by atoms with van der Waals surface area (Å²) in [5.41, 5.74) is 0.0570. The van der Waals surface area contributed by atoms with Gasteiger partial charge in [0.25, 0.3) is 0 Å². The Labute approximate surface area is 143 Å². The van der Waals surface area contributed by atoms with Crippen LogP contribution in [-0.4, -0.2) is 42.4 Å². The maximum Gasteiger partial charge on any atom is 0.408 e. The summed E-state index contributed by atoms with van der Waals surface area (Å²) in [7, 11) is 3.96. The number of amides is 1. The van der Waals surface area contributed by atoms with Gasteiger partial charge in [0.15, 0.2) is 5.13 Å². The van der Waals surface area contributed by atoms with E-state index in [1.54, 1.807) is 11.3 Å². The van der Waals surface area contributed by atoms with E-state index in [0.29, 0.717) is 6.54 Å². The quantitative estimate of drug-likeness (QED) is 0.832. The number of aromatic nitrogens is 1. The highest BCUT2D eigenvalue weighted by molar-refractivity contribution is 7.13. The van der Waals surface area contributed by atoms with Gasteiger partial charge in [0.05, 0.1) is 11.2 Å². The zero-order valence-corrected chi connectivity index (χ0v) is 16.3. The monoisotopic (exact) mass is 342 g/mol. The van der Waals surface area contributed by atoms with Crippen molar-refractivity contribution in [1.29, 1.82) is 0 Å². The second kappa shape index (κ2) is 7.49. The summed E-state index contributed by atoms with van der Waals surface area (Å²) in [5, 5.41) is 9.37. The highest BCUT2D eigenvalue weighted by Crippen LogP contribution is 2.18. The average Bonchev–Trinajstić information content (AvgIpc) is 2.81. The Hall–Kier alpha value is -1.34. The van der Waals surface area contributed by atoms with E-state index < -0.39 is 17.2 Å². The minimum absolute atomic E-state index is 0.0551. The van der Waals surface area contributed by atoms with E-state index in [-0.39, 0.29) is 6.04 Å². The van der Waals surface area contributed by atoms with E-state index in [9.17, 15) is 4.79 Å². The first kappa shape index (κ1) is 19.7. The Balaban J connectivity index is 2.54. The van der Waals surface area contributed by atoms with Gasteiger partial charge in [-0.3, -0.25) is 0 Å². The summed E-state index contributed by atoms with van der Waals surface area (Å²) in [4.78, 5) is 18.5. The number of rotatable bonds is 6. The van der Waals surface area contributed by atoms with Crippen molar-refractivity contribution in [2.75, 3.05) is 19.0 Å². The number of thiazole rings is 1. The summed E-state index contributed by atoms with van der Waals surface area (Å²) < 4.78 is 5.32. The fourth-order valence-electron chi connectivity index (χ4n) is 1.77. The molecule has 7 heteroatoms. The average molecular weight is 343 g/mol. The normalized spacial score (nSPS) is 13.6. The van der Waals surface area contributed by atoms with Crippen LogP contribution in [0.3, 0.4) is 0 Å². The molecule has 0 radical (unpaired) electrons. The van der Waals surface area contributed by atoms with Crippen molar-refractivity contribution in [2.24, 2.45) is 0 Å². The lowest BCUT2D eigenvalue weighted by Crippen LogP contribution is -2.56. The zero-order chi connectivity index (χ0) is 17.8. The molecule has 0 bridgehead atoms. The summed E-state index contributed by atoms with van der Waals surface area (Å²) >= 11 is 1.62. The first-order valence-corrected chi connectivity index (χ1v) is 8.65. The van der Waals surface area contributed by atoms with Crippen LogP contribution in [0.25, 0.3) is 0 Å². The van der Waals surface area contributed by atoms with Crippen molar-refractivity contribution in [3.63, 3.8) is 0 Å². The molecule has 1 heterocycles. The Kier molecular flexibility index (Phi) is 6.41. The van der Waals surface area contributed by atoms with Crippen LogP contribution in [-0.2, 0) is 11.3 Å². The van der Waals surface area contributed by atoms with Crippen LogP contribution in [0, 0.1) is 0 Å². The lowest BCUT2D eigenvalue weighted by atomic mass is 9.96. The van der Waals surface area contributed by atoms with Crippen LogP contribution in [0.2, 0.25) is 0 Å². The van der Waals surface area contributed by atoms with Crippen LogP contribution in [0.1, 0.15) is 47.2 Å². The summed E-state index contributed by atoms with van der Waals surface area (Å²) in [5.74, 6) is 0. The molecule has 1 amide bonds. The Morgan fingerprint density at radius 2 is 1.96 bits per heavy atom. The van der Waals surface area contributed by atoms with Crippen LogP contribution in [0.4, 0.5) is 9.93 Å². The van der Waals surface area contributed by atoms with Crippen molar-refractivity contribution < 1.29 is 9.53 Å². The van der Waals surface area contributed by atoms with Gasteiger partial charge in [0.1, 0.15) is 5.60 Å². The number of ether oxygens (including phenoxy) is 1. The molecule has 0 spiro atoms. The number of nitrogens with one attached hydrogen (secondary N) is 2. The molecule has 0 saturated carbocycles. The molecule has 0 saturated heterocycles. The lowest BCUT2D eigenvalue weighted by Gasteiger charge is -2.34. The van der Waals surface area contributed by atoms with Crippen molar-refractivity contribution in [2.45, 2.75) is 65.3 Å². The van der Waals surface area contributed by atoms with Crippen molar-refractivity contribution >= 4 is 22.6 Å². The smallest absolute Gasteiger partial charge is 0.408 e. The third kappa shape index (κ3) is 6.74. The minimum atomic E-state index is -0.500. The van der Waals surface area contributed by atoms with Crippen molar-refractivity contribution in [3.8, 4) is 0 Å². The highest BCUT2D eigenvalue weighted by Gasteiger charge is 2.29.